The number of anilines is 1. The van der Waals surface area contributed by atoms with Gasteiger partial charge in [0.1, 0.15) is 13.2 Å². The number of piperazine rings is 1. The first kappa shape index (κ1) is 21.3. The lowest BCUT2D eigenvalue weighted by Gasteiger charge is -2.34. The minimum absolute atomic E-state index is 0.544. The average Bonchev–Trinajstić information content (AvgIpc) is 2.81. The molecule has 1 N–H and O–H groups in total. The monoisotopic (exact) mass is 417 g/mol. The Bertz CT molecular complexity index is 995. The maximum Gasteiger partial charge on any atom is 0.161 e. The van der Waals surface area contributed by atoms with Gasteiger partial charge in [0.05, 0.1) is 33.3 Å². The molecular weight excluding hydrogens is 384 g/mol. The van der Waals surface area contributed by atoms with Gasteiger partial charge in [-0.05, 0) is 54.8 Å². The van der Waals surface area contributed by atoms with Gasteiger partial charge in [0.2, 0.25) is 0 Å². The number of aryl methyl sites for hydroxylation is 2. The predicted molar refractivity (Wildman–Crippen MR) is 126 cm³/mol. The van der Waals surface area contributed by atoms with Crippen LogP contribution in [0.3, 0.4) is 0 Å². The zero-order valence-electron chi connectivity index (χ0n) is 18.9. The van der Waals surface area contributed by atoms with Gasteiger partial charge in [-0.15, -0.1) is 0 Å². The molecule has 4 rings (SSSR count). The minimum Gasteiger partial charge on any atom is -0.493 e. The molecule has 0 amide bonds. The largest absolute Gasteiger partial charge is 0.493 e. The first-order valence-corrected chi connectivity index (χ1v) is 11.1. The molecule has 0 bridgehead atoms. The number of quaternary nitrogens is 1. The minimum atomic E-state index is 0.544. The maximum absolute atomic E-state index is 6.00. The van der Waals surface area contributed by atoms with Gasteiger partial charge in [-0.2, -0.15) is 0 Å². The lowest BCUT2D eigenvalue weighted by atomic mass is 10.1. The van der Waals surface area contributed by atoms with Crippen LogP contribution in [0.2, 0.25) is 0 Å². The molecule has 1 heterocycles. The van der Waals surface area contributed by atoms with Gasteiger partial charge in [0, 0.05) is 11.3 Å². The topological polar surface area (TPSA) is 26.1 Å². The average molecular weight is 418 g/mol. The maximum atomic E-state index is 6.00. The van der Waals surface area contributed by atoms with E-state index in [4.69, 9.17) is 9.47 Å². The lowest BCUT2D eigenvalue weighted by molar-refractivity contribution is -0.914. The summed E-state index contributed by atoms with van der Waals surface area (Å²) in [7, 11) is 1.71. The van der Waals surface area contributed by atoms with E-state index in [1.807, 2.05) is 24.3 Å². The van der Waals surface area contributed by atoms with Crippen molar-refractivity contribution in [1.82, 2.24) is 0 Å². The first-order chi connectivity index (χ1) is 15.1. The van der Waals surface area contributed by atoms with Gasteiger partial charge >= 0.3 is 0 Å². The van der Waals surface area contributed by atoms with Crippen LogP contribution in [0.1, 0.15) is 22.3 Å². The SMILES string of the molecule is COc1cc(C[NH+]2CCN(c3cc(C)ccc3C)CC2)ccc1OCc1ccccc1. The fraction of sp³-hybridized carbons (Fsp3) is 0.333. The Labute approximate surface area is 186 Å². The molecule has 4 heteroatoms. The van der Waals surface area contributed by atoms with E-state index in [9.17, 15) is 0 Å². The molecule has 0 radical (unpaired) electrons. The third-order valence-electron chi connectivity index (χ3n) is 6.10. The van der Waals surface area contributed by atoms with Gasteiger partial charge in [-0.1, -0.05) is 42.5 Å². The van der Waals surface area contributed by atoms with Crippen molar-refractivity contribution in [2.24, 2.45) is 0 Å². The zero-order chi connectivity index (χ0) is 21.6. The molecule has 3 aromatic rings. The second-order valence-electron chi connectivity index (χ2n) is 8.46. The Hall–Kier alpha value is -2.98. The van der Waals surface area contributed by atoms with Crippen LogP contribution in [0.15, 0.2) is 66.7 Å². The van der Waals surface area contributed by atoms with Gasteiger partial charge < -0.3 is 19.3 Å². The molecule has 0 spiro atoms. The molecule has 31 heavy (non-hydrogen) atoms. The number of methoxy groups -OCH3 is 1. The van der Waals surface area contributed by atoms with Gasteiger partial charge in [-0.3, -0.25) is 0 Å². The molecular formula is C27H33N2O2+. The van der Waals surface area contributed by atoms with Crippen molar-refractivity contribution < 1.29 is 14.4 Å². The molecule has 0 aliphatic carbocycles. The zero-order valence-corrected chi connectivity index (χ0v) is 18.9. The fourth-order valence-corrected chi connectivity index (χ4v) is 4.27. The van der Waals surface area contributed by atoms with Crippen molar-refractivity contribution in [3.63, 3.8) is 0 Å². The molecule has 0 aromatic heterocycles. The van der Waals surface area contributed by atoms with E-state index in [1.165, 1.54) is 22.4 Å². The number of benzene rings is 3. The summed E-state index contributed by atoms with van der Waals surface area (Å²) in [5, 5.41) is 0. The van der Waals surface area contributed by atoms with Crippen LogP contribution < -0.4 is 19.3 Å². The van der Waals surface area contributed by atoms with E-state index in [1.54, 1.807) is 12.0 Å². The predicted octanol–water partition coefficient (Wildman–Crippen LogP) is 3.80. The first-order valence-electron chi connectivity index (χ1n) is 11.1. The molecule has 1 aliphatic rings. The highest BCUT2D eigenvalue weighted by atomic mass is 16.5. The summed E-state index contributed by atoms with van der Waals surface area (Å²) in [6.07, 6.45) is 0. The molecule has 1 aliphatic heterocycles. The summed E-state index contributed by atoms with van der Waals surface area (Å²) in [4.78, 5) is 4.15. The Morgan fingerprint density at radius 1 is 0.839 bits per heavy atom. The second kappa shape index (κ2) is 9.88. The molecule has 162 valence electrons. The van der Waals surface area contributed by atoms with Crippen LogP contribution in [0.5, 0.6) is 11.5 Å². The van der Waals surface area contributed by atoms with Crippen molar-refractivity contribution in [2.75, 3.05) is 38.2 Å². The lowest BCUT2D eigenvalue weighted by Crippen LogP contribution is -3.13. The molecule has 0 atom stereocenters. The highest BCUT2D eigenvalue weighted by Crippen LogP contribution is 2.29. The highest BCUT2D eigenvalue weighted by Gasteiger charge is 2.22. The number of nitrogens with one attached hydrogen (secondary N) is 1. The summed E-state index contributed by atoms with van der Waals surface area (Å²) >= 11 is 0. The smallest absolute Gasteiger partial charge is 0.161 e. The van der Waals surface area contributed by atoms with E-state index in [2.05, 4.69) is 61.2 Å². The van der Waals surface area contributed by atoms with Crippen molar-refractivity contribution in [2.45, 2.75) is 27.0 Å². The number of hydrogen-bond acceptors (Lipinski definition) is 3. The van der Waals surface area contributed by atoms with E-state index < -0.39 is 0 Å². The normalized spacial score (nSPS) is 14.5. The van der Waals surface area contributed by atoms with Gasteiger partial charge in [0.15, 0.2) is 11.5 Å². The molecule has 0 unspecified atom stereocenters. The van der Waals surface area contributed by atoms with Crippen LogP contribution >= 0.6 is 0 Å². The van der Waals surface area contributed by atoms with E-state index >= 15 is 0 Å². The highest BCUT2D eigenvalue weighted by molar-refractivity contribution is 5.55. The molecule has 1 saturated heterocycles. The van der Waals surface area contributed by atoms with Crippen LogP contribution in [0.4, 0.5) is 5.69 Å². The third kappa shape index (κ3) is 5.39. The van der Waals surface area contributed by atoms with Crippen molar-refractivity contribution >= 4 is 5.69 Å². The second-order valence-corrected chi connectivity index (χ2v) is 8.46. The quantitative estimate of drug-likeness (QED) is 0.633. The van der Waals surface area contributed by atoms with Gasteiger partial charge in [0.25, 0.3) is 0 Å². The Morgan fingerprint density at radius 3 is 2.35 bits per heavy atom. The molecule has 0 saturated carbocycles. The van der Waals surface area contributed by atoms with Crippen LogP contribution in [0, 0.1) is 13.8 Å². The molecule has 1 fully saturated rings. The Kier molecular flexibility index (Phi) is 6.78. The van der Waals surface area contributed by atoms with Crippen molar-refractivity contribution in [1.29, 1.82) is 0 Å². The third-order valence-corrected chi connectivity index (χ3v) is 6.10. The summed E-state index contributed by atoms with van der Waals surface area (Å²) < 4.78 is 11.6. The number of hydrogen-bond donors (Lipinski definition) is 1. The number of rotatable bonds is 7. The fourth-order valence-electron chi connectivity index (χ4n) is 4.27. The number of ether oxygens (including phenoxy) is 2. The standard InChI is InChI=1S/C27H32N2O2/c1-21-9-10-22(2)25(17-21)29-15-13-28(14-16-29)19-24-11-12-26(27(18-24)30-3)31-20-23-7-5-4-6-8-23/h4-12,17-18H,13-16,19-20H2,1-3H3/p+1. The summed E-state index contributed by atoms with van der Waals surface area (Å²) in [5.74, 6) is 1.60. The van der Waals surface area contributed by atoms with E-state index in [-0.39, 0.29) is 0 Å². The Morgan fingerprint density at radius 2 is 1.61 bits per heavy atom. The molecule has 3 aromatic carbocycles. The van der Waals surface area contributed by atoms with Crippen LogP contribution in [-0.4, -0.2) is 33.3 Å². The van der Waals surface area contributed by atoms with Crippen molar-refractivity contribution in [3.05, 3.63) is 89.0 Å². The van der Waals surface area contributed by atoms with Gasteiger partial charge in [-0.25, -0.2) is 0 Å². The van der Waals surface area contributed by atoms with Crippen molar-refractivity contribution in [3.8, 4) is 11.5 Å². The number of nitrogens with zero attached hydrogens (tertiary/aromatic N) is 1. The Balaban J connectivity index is 1.35. The van der Waals surface area contributed by atoms with E-state index in [0.29, 0.717) is 6.61 Å². The van der Waals surface area contributed by atoms with Crippen LogP contribution in [-0.2, 0) is 13.2 Å². The molecule has 4 nitrogen and oxygen atoms in total. The van der Waals surface area contributed by atoms with Crippen LogP contribution in [0.25, 0.3) is 0 Å². The van der Waals surface area contributed by atoms with E-state index in [0.717, 1.165) is 49.8 Å². The summed E-state index contributed by atoms with van der Waals surface area (Å²) in [6.45, 7) is 10.4. The summed E-state index contributed by atoms with van der Waals surface area (Å²) in [6, 6.07) is 23.3. The summed E-state index contributed by atoms with van der Waals surface area (Å²) in [5.41, 5.74) is 6.53.